The molecule has 0 amide bonds. The molecule has 2 aromatic heterocycles. The van der Waals surface area contributed by atoms with E-state index in [4.69, 9.17) is 15.4 Å². The number of hydrogen-bond acceptors (Lipinski definition) is 5. The van der Waals surface area contributed by atoms with E-state index in [-0.39, 0.29) is 0 Å². The van der Waals surface area contributed by atoms with E-state index in [0.717, 1.165) is 78.6 Å². The van der Waals surface area contributed by atoms with Gasteiger partial charge in [0.2, 0.25) is 0 Å². The molecule has 0 atom stereocenters. The first-order valence-corrected chi connectivity index (χ1v) is 13.9. The largest absolute Gasteiger partial charge is 0.376 e. The number of aryl methyl sites for hydroxylation is 1. The SMILES string of the molecule is C=C(c1cc(C=N)c(N=CNc2nc(C)c(N(CCC)CCC)c(C)c2C)n1C1CCCCC1)N(C)C. The molecule has 1 saturated carbocycles. The van der Waals surface area contributed by atoms with Gasteiger partial charge in [-0.15, -0.1) is 0 Å². The molecule has 2 N–H and O–H groups in total. The van der Waals surface area contributed by atoms with Gasteiger partial charge in [-0.3, -0.25) is 0 Å². The molecule has 2 heterocycles. The van der Waals surface area contributed by atoms with Gasteiger partial charge in [0.15, 0.2) is 0 Å². The predicted octanol–water partition coefficient (Wildman–Crippen LogP) is 7.24. The Morgan fingerprint density at radius 1 is 1.14 bits per heavy atom. The average molecular weight is 506 g/mol. The lowest BCUT2D eigenvalue weighted by molar-refractivity contribution is 0.353. The summed E-state index contributed by atoms with van der Waals surface area (Å²) in [4.78, 5) is 14.3. The van der Waals surface area contributed by atoms with Crippen molar-refractivity contribution in [1.29, 1.82) is 5.41 Å². The van der Waals surface area contributed by atoms with Crippen LogP contribution in [-0.2, 0) is 0 Å². The highest BCUT2D eigenvalue weighted by Crippen LogP contribution is 2.38. The van der Waals surface area contributed by atoms with Crippen LogP contribution in [0.2, 0.25) is 0 Å². The molecule has 0 unspecified atom stereocenters. The summed E-state index contributed by atoms with van der Waals surface area (Å²) in [6.07, 6.45) is 11.4. The Bertz CT molecular complexity index is 1110. The monoisotopic (exact) mass is 505 g/mol. The standard InChI is InChI=1S/C30H47N7/c1-9-16-36(17-10-2)28-21(3)22(4)29(34-23(28)5)32-20-33-30-25(19-31)18-27(24(6)35(7)8)37(30)26-14-12-11-13-15-26/h18-20,26,31H,6,9-17H2,1-5,7-8H3,(H,32,33,34). The van der Waals surface area contributed by atoms with Crippen molar-refractivity contribution in [3.63, 3.8) is 0 Å². The summed E-state index contributed by atoms with van der Waals surface area (Å²) in [6, 6.07) is 2.42. The van der Waals surface area contributed by atoms with Crippen LogP contribution in [0.4, 0.5) is 17.3 Å². The van der Waals surface area contributed by atoms with Gasteiger partial charge in [0.1, 0.15) is 11.6 Å². The lowest BCUT2D eigenvalue weighted by atomic mass is 9.95. The maximum atomic E-state index is 8.09. The van der Waals surface area contributed by atoms with Gasteiger partial charge in [-0.2, -0.15) is 0 Å². The zero-order valence-corrected chi connectivity index (χ0v) is 24.1. The van der Waals surface area contributed by atoms with Crippen molar-refractivity contribution in [2.24, 2.45) is 4.99 Å². The Labute approximate surface area is 224 Å². The minimum absolute atomic E-state index is 0.369. The lowest BCUT2D eigenvalue weighted by Gasteiger charge is -2.29. The first-order chi connectivity index (χ1) is 17.7. The van der Waals surface area contributed by atoms with Crippen LogP contribution in [0.1, 0.15) is 92.9 Å². The molecule has 2 aromatic rings. The van der Waals surface area contributed by atoms with Gasteiger partial charge in [0.05, 0.1) is 29.1 Å². The van der Waals surface area contributed by atoms with Gasteiger partial charge in [0, 0.05) is 45.0 Å². The predicted molar refractivity (Wildman–Crippen MR) is 160 cm³/mol. The van der Waals surface area contributed by atoms with Crippen LogP contribution in [0.5, 0.6) is 0 Å². The topological polar surface area (TPSA) is 72.5 Å². The smallest absolute Gasteiger partial charge is 0.143 e. The summed E-state index contributed by atoms with van der Waals surface area (Å²) < 4.78 is 2.31. The van der Waals surface area contributed by atoms with E-state index in [1.807, 2.05) is 19.0 Å². The number of nitrogens with zero attached hydrogens (tertiary/aromatic N) is 5. The molecule has 202 valence electrons. The van der Waals surface area contributed by atoms with E-state index in [0.29, 0.717) is 6.04 Å². The van der Waals surface area contributed by atoms with E-state index in [1.54, 1.807) is 6.34 Å². The van der Waals surface area contributed by atoms with Crippen molar-refractivity contribution in [2.75, 3.05) is 37.4 Å². The molecule has 0 bridgehead atoms. The Hall–Kier alpha value is -3.09. The first-order valence-electron chi connectivity index (χ1n) is 13.9. The first kappa shape index (κ1) is 28.5. The third kappa shape index (κ3) is 6.25. The van der Waals surface area contributed by atoms with Gasteiger partial charge in [-0.25, -0.2) is 9.98 Å². The maximum Gasteiger partial charge on any atom is 0.143 e. The molecule has 1 aliphatic rings. The Morgan fingerprint density at radius 2 is 1.78 bits per heavy atom. The van der Waals surface area contributed by atoms with Crippen LogP contribution in [0.25, 0.3) is 5.70 Å². The zero-order valence-electron chi connectivity index (χ0n) is 24.1. The quantitative estimate of drug-likeness (QED) is 0.235. The van der Waals surface area contributed by atoms with Crippen molar-refractivity contribution in [2.45, 2.75) is 85.6 Å². The van der Waals surface area contributed by atoms with Crippen molar-refractivity contribution >= 4 is 35.6 Å². The van der Waals surface area contributed by atoms with Crippen LogP contribution < -0.4 is 10.2 Å². The maximum absolute atomic E-state index is 8.09. The molecule has 0 radical (unpaired) electrons. The normalized spacial score (nSPS) is 14.2. The minimum atomic E-state index is 0.369. The molecule has 1 fully saturated rings. The third-order valence-electron chi connectivity index (χ3n) is 7.56. The molecule has 0 aromatic carbocycles. The third-order valence-corrected chi connectivity index (χ3v) is 7.56. The second-order valence-electron chi connectivity index (χ2n) is 10.5. The highest BCUT2D eigenvalue weighted by Gasteiger charge is 2.24. The molecule has 0 saturated heterocycles. The van der Waals surface area contributed by atoms with Crippen LogP contribution in [0.15, 0.2) is 17.6 Å². The number of nitrogens with one attached hydrogen (secondary N) is 2. The van der Waals surface area contributed by atoms with Gasteiger partial charge in [0.25, 0.3) is 0 Å². The summed E-state index contributed by atoms with van der Waals surface area (Å²) in [5.74, 6) is 1.65. The summed E-state index contributed by atoms with van der Waals surface area (Å²) >= 11 is 0. The lowest BCUT2D eigenvalue weighted by Crippen LogP contribution is -2.27. The molecule has 7 heteroatoms. The Balaban J connectivity index is 1.98. The fraction of sp³-hybridized carbons (Fsp3) is 0.567. The molecule has 0 spiro atoms. The van der Waals surface area contributed by atoms with Crippen molar-refractivity contribution in [1.82, 2.24) is 14.5 Å². The fourth-order valence-electron chi connectivity index (χ4n) is 5.51. The number of anilines is 2. The average Bonchev–Trinajstić information content (AvgIpc) is 3.25. The molecule has 0 aliphatic heterocycles. The molecule has 3 rings (SSSR count). The van der Waals surface area contributed by atoms with E-state index in [9.17, 15) is 0 Å². The van der Waals surface area contributed by atoms with Crippen LogP contribution in [0.3, 0.4) is 0 Å². The number of rotatable bonds is 12. The second kappa shape index (κ2) is 12.9. The molecule has 1 aliphatic carbocycles. The molecule has 7 nitrogen and oxygen atoms in total. The van der Waals surface area contributed by atoms with Crippen molar-refractivity contribution in [3.8, 4) is 0 Å². The van der Waals surface area contributed by atoms with Crippen molar-refractivity contribution in [3.05, 3.63) is 40.7 Å². The number of hydrogen-bond donors (Lipinski definition) is 2. The van der Waals surface area contributed by atoms with Gasteiger partial charge in [-0.05, 0) is 63.6 Å². The van der Waals surface area contributed by atoms with Gasteiger partial charge >= 0.3 is 0 Å². The second-order valence-corrected chi connectivity index (χ2v) is 10.5. The fourth-order valence-corrected chi connectivity index (χ4v) is 5.51. The van der Waals surface area contributed by atoms with Crippen LogP contribution in [0, 0.1) is 26.2 Å². The number of aliphatic imine (C=N–C) groups is 1. The zero-order chi connectivity index (χ0) is 27.1. The summed E-state index contributed by atoms with van der Waals surface area (Å²) in [6.45, 7) is 17.3. The van der Waals surface area contributed by atoms with Gasteiger partial charge in [-0.1, -0.05) is 39.7 Å². The van der Waals surface area contributed by atoms with Crippen LogP contribution in [-0.4, -0.2) is 54.2 Å². The van der Waals surface area contributed by atoms with E-state index in [1.165, 1.54) is 36.7 Å². The highest BCUT2D eigenvalue weighted by molar-refractivity contribution is 5.89. The minimum Gasteiger partial charge on any atom is -0.376 e. The summed E-state index contributed by atoms with van der Waals surface area (Å²) in [5.41, 5.74) is 7.49. The number of pyridine rings is 1. The van der Waals surface area contributed by atoms with Crippen LogP contribution >= 0.6 is 0 Å². The van der Waals surface area contributed by atoms with E-state index >= 15 is 0 Å². The van der Waals surface area contributed by atoms with E-state index in [2.05, 4.69) is 62.0 Å². The molecule has 37 heavy (non-hydrogen) atoms. The van der Waals surface area contributed by atoms with Crippen molar-refractivity contribution < 1.29 is 0 Å². The molecular weight excluding hydrogens is 458 g/mol. The summed E-state index contributed by atoms with van der Waals surface area (Å²) in [5, 5.41) is 11.5. The number of aromatic nitrogens is 2. The Kier molecular flexibility index (Phi) is 9.95. The summed E-state index contributed by atoms with van der Waals surface area (Å²) in [7, 11) is 4.03. The van der Waals surface area contributed by atoms with E-state index < -0.39 is 0 Å². The molecular formula is C30H47N7. The van der Waals surface area contributed by atoms with Gasteiger partial charge < -0.3 is 25.1 Å². The Morgan fingerprint density at radius 3 is 2.35 bits per heavy atom. The highest BCUT2D eigenvalue weighted by atomic mass is 15.2.